The van der Waals surface area contributed by atoms with E-state index in [2.05, 4.69) is 26.1 Å². The maximum atomic E-state index is 6.23. The minimum atomic E-state index is 0.625. The standard InChI is InChI=1S/C24H20Cl2N4OS/c1-31-22-11-3-2-8-18(22)21-13-23(28-15-27-21)30-17-7-4-6-16(12-17)14-29-32-24-19(25)9-5-10-20(24)26/h2-13,15,29H,14H2,1H3,(H,27,28,30). The number of halogens is 2. The molecule has 1 aromatic heterocycles. The predicted octanol–water partition coefficient (Wildman–Crippen LogP) is 7.00. The van der Waals surface area contributed by atoms with Crippen LogP contribution in [0.1, 0.15) is 5.56 Å². The molecule has 8 heteroatoms. The SMILES string of the molecule is COc1ccccc1-c1cc(Nc2cccc(CNSc3c(Cl)cccc3Cl)c2)ncn1. The lowest BCUT2D eigenvalue weighted by molar-refractivity contribution is 0.416. The van der Waals surface area contributed by atoms with Crippen molar-refractivity contribution in [1.82, 2.24) is 14.7 Å². The Balaban J connectivity index is 1.44. The highest BCUT2D eigenvalue weighted by atomic mass is 35.5. The number of ether oxygens (including phenoxy) is 1. The van der Waals surface area contributed by atoms with Crippen molar-refractivity contribution in [3.05, 3.63) is 94.7 Å². The summed E-state index contributed by atoms with van der Waals surface area (Å²) < 4.78 is 8.77. The van der Waals surface area contributed by atoms with Crippen molar-refractivity contribution in [2.24, 2.45) is 0 Å². The molecule has 0 aliphatic rings. The van der Waals surface area contributed by atoms with Crippen molar-refractivity contribution >= 4 is 46.7 Å². The molecule has 3 aromatic carbocycles. The maximum absolute atomic E-state index is 6.23. The number of para-hydroxylation sites is 1. The van der Waals surface area contributed by atoms with Gasteiger partial charge in [-0.05, 0) is 53.9 Å². The fourth-order valence-corrected chi connectivity index (χ4v) is 4.45. The Hall–Kier alpha value is -2.77. The molecular weight excluding hydrogens is 463 g/mol. The first-order chi connectivity index (χ1) is 15.6. The van der Waals surface area contributed by atoms with E-state index in [0.29, 0.717) is 22.4 Å². The summed E-state index contributed by atoms with van der Waals surface area (Å²) in [5.41, 5.74) is 3.72. The van der Waals surface area contributed by atoms with Crippen LogP contribution in [0.3, 0.4) is 0 Å². The van der Waals surface area contributed by atoms with Crippen molar-refractivity contribution in [2.75, 3.05) is 12.4 Å². The number of aromatic nitrogens is 2. The second-order valence-electron chi connectivity index (χ2n) is 6.79. The van der Waals surface area contributed by atoms with E-state index >= 15 is 0 Å². The number of nitrogens with one attached hydrogen (secondary N) is 2. The highest BCUT2D eigenvalue weighted by molar-refractivity contribution is 7.97. The van der Waals surface area contributed by atoms with Crippen LogP contribution in [0.4, 0.5) is 11.5 Å². The molecule has 0 saturated heterocycles. The lowest BCUT2D eigenvalue weighted by Gasteiger charge is -2.11. The van der Waals surface area contributed by atoms with E-state index in [1.54, 1.807) is 13.4 Å². The van der Waals surface area contributed by atoms with Gasteiger partial charge < -0.3 is 10.1 Å². The van der Waals surface area contributed by atoms with Crippen molar-refractivity contribution in [3.8, 4) is 17.0 Å². The molecule has 0 fully saturated rings. The molecule has 0 radical (unpaired) electrons. The summed E-state index contributed by atoms with van der Waals surface area (Å²) in [6.45, 7) is 0.637. The Labute approximate surface area is 201 Å². The van der Waals surface area contributed by atoms with Gasteiger partial charge in [0.2, 0.25) is 0 Å². The molecule has 2 N–H and O–H groups in total. The minimum absolute atomic E-state index is 0.625. The molecule has 0 spiro atoms. The summed E-state index contributed by atoms with van der Waals surface area (Å²) in [7, 11) is 1.65. The summed E-state index contributed by atoms with van der Waals surface area (Å²) in [4.78, 5) is 9.56. The van der Waals surface area contributed by atoms with E-state index in [1.807, 2.05) is 66.7 Å². The first kappa shape index (κ1) is 22.4. The van der Waals surface area contributed by atoms with Crippen LogP contribution in [0.2, 0.25) is 10.0 Å². The van der Waals surface area contributed by atoms with E-state index in [1.165, 1.54) is 11.9 Å². The maximum Gasteiger partial charge on any atom is 0.134 e. The number of methoxy groups -OCH3 is 1. The van der Waals surface area contributed by atoms with Gasteiger partial charge >= 0.3 is 0 Å². The molecule has 0 saturated carbocycles. The summed E-state index contributed by atoms with van der Waals surface area (Å²) in [6, 6.07) is 23.2. The summed E-state index contributed by atoms with van der Waals surface area (Å²) >= 11 is 13.9. The topological polar surface area (TPSA) is 59.1 Å². The molecule has 0 atom stereocenters. The molecule has 0 aliphatic carbocycles. The number of hydrogen-bond donors (Lipinski definition) is 2. The average Bonchev–Trinajstić information content (AvgIpc) is 2.81. The molecule has 5 nitrogen and oxygen atoms in total. The summed E-state index contributed by atoms with van der Waals surface area (Å²) in [5, 5.41) is 4.60. The Morgan fingerprint density at radius 2 is 1.69 bits per heavy atom. The largest absolute Gasteiger partial charge is 0.496 e. The second kappa shape index (κ2) is 10.7. The zero-order valence-electron chi connectivity index (χ0n) is 17.2. The van der Waals surface area contributed by atoms with Gasteiger partial charge in [-0.3, -0.25) is 4.72 Å². The van der Waals surface area contributed by atoms with Crippen LogP contribution in [0.15, 0.2) is 84.0 Å². The smallest absolute Gasteiger partial charge is 0.134 e. The summed E-state index contributed by atoms with van der Waals surface area (Å²) in [5.74, 6) is 1.46. The van der Waals surface area contributed by atoms with Crippen LogP contribution < -0.4 is 14.8 Å². The third-order valence-corrected chi connectivity index (χ3v) is 6.41. The van der Waals surface area contributed by atoms with Gasteiger partial charge in [-0.25, -0.2) is 9.97 Å². The van der Waals surface area contributed by atoms with Crippen LogP contribution in [-0.2, 0) is 6.54 Å². The molecular formula is C24H20Cl2N4OS. The molecule has 32 heavy (non-hydrogen) atoms. The van der Waals surface area contributed by atoms with Gasteiger partial charge in [-0.2, -0.15) is 0 Å². The second-order valence-corrected chi connectivity index (χ2v) is 8.50. The quantitative estimate of drug-likeness (QED) is 0.263. The van der Waals surface area contributed by atoms with E-state index in [9.17, 15) is 0 Å². The van der Waals surface area contributed by atoms with Crippen LogP contribution in [0, 0.1) is 0 Å². The lowest BCUT2D eigenvalue weighted by atomic mass is 10.1. The fraction of sp³-hybridized carbons (Fsp3) is 0.0833. The number of hydrogen-bond acceptors (Lipinski definition) is 6. The monoisotopic (exact) mass is 482 g/mol. The minimum Gasteiger partial charge on any atom is -0.496 e. The van der Waals surface area contributed by atoms with Crippen LogP contribution in [0.5, 0.6) is 5.75 Å². The Bertz CT molecular complexity index is 1200. The highest BCUT2D eigenvalue weighted by Gasteiger charge is 2.09. The number of nitrogens with zero attached hydrogens (tertiary/aromatic N) is 2. The van der Waals surface area contributed by atoms with Gasteiger partial charge in [0.25, 0.3) is 0 Å². The Kier molecular flexibility index (Phi) is 7.50. The molecule has 0 amide bonds. The van der Waals surface area contributed by atoms with Gasteiger partial charge in [-0.1, -0.05) is 53.5 Å². The van der Waals surface area contributed by atoms with E-state index in [-0.39, 0.29) is 0 Å². The van der Waals surface area contributed by atoms with E-state index in [0.717, 1.165) is 33.2 Å². The van der Waals surface area contributed by atoms with Gasteiger partial charge in [0.05, 0.1) is 27.7 Å². The van der Waals surface area contributed by atoms with Gasteiger partial charge in [0, 0.05) is 23.9 Å². The third-order valence-electron chi connectivity index (χ3n) is 4.62. The lowest BCUT2D eigenvalue weighted by Crippen LogP contribution is -2.04. The highest BCUT2D eigenvalue weighted by Crippen LogP contribution is 2.32. The number of benzene rings is 3. The van der Waals surface area contributed by atoms with Gasteiger partial charge in [0.1, 0.15) is 17.9 Å². The van der Waals surface area contributed by atoms with Crippen molar-refractivity contribution in [3.63, 3.8) is 0 Å². The zero-order chi connectivity index (χ0) is 22.3. The average molecular weight is 483 g/mol. The fourth-order valence-electron chi connectivity index (χ4n) is 3.11. The normalized spacial score (nSPS) is 10.7. The molecule has 1 heterocycles. The van der Waals surface area contributed by atoms with Gasteiger partial charge in [-0.15, -0.1) is 0 Å². The Morgan fingerprint density at radius 1 is 0.906 bits per heavy atom. The first-order valence-electron chi connectivity index (χ1n) is 9.79. The third kappa shape index (κ3) is 5.53. The molecule has 4 aromatic rings. The molecule has 162 valence electrons. The van der Waals surface area contributed by atoms with Crippen LogP contribution in [-0.4, -0.2) is 17.1 Å². The van der Waals surface area contributed by atoms with E-state index in [4.69, 9.17) is 27.9 Å². The van der Waals surface area contributed by atoms with Crippen molar-refractivity contribution < 1.29 is 4.74 Å². The van der Waals surface area contributed by atoms with Crippen molar-refractivity contribution in [2.45, 2.75) is 11.4 Å². The predicted molar refractivity (Wildman–Crippen MR) is 133 cm³/mol. The number of anilines is 2. The molecule has 0 unspecified atom stereocenters. The van der Waals surface area contributed by atoms with E-state index < -0.39 is 0 Å². The molecule has 0 aliphatic heterocycles. The zero-order valence-corrected chi connectivity index (χ0v) is 19.5. The summed E-state index contributed by atoms with van der Waals surface area (Å²) in [6.07, 6.45) is 1.54. The van der Waals surface area contributed by atoms with Gasteiger partial charge in [0.15, 0.2) is 0 Å². The Morgan fingerprint density at radius 3 is 2.50 bits per heavy atom. The van der Waals surface area contributed by atoms with Crippen LogP contribution >= 0.6 is 35.1 Å². The number of rotatable bonds is 8. The van der Waals surface area contributed by atoms with Crippen LogP contribution in [0.25, 0.3) is 11.3 Å². The molecule has 0 bridgehead atoms. The first-order valence-corrected chi connectivity index (χ1v) is 11.4. The van der Waals surface area contributed by atoms with Crippen molar-refractivity contribution in [1.29, 1.82) is 0 Å². The molecule has 4 rings (SSSR count).